The molecule has 0 saturated heterocycles. The summed E-state index contributed by atoms with van der Waals surface area (Å²) in [7, 11) is 0. The smallest absolute Gasteiger partial charge is 0.313 e. The average molecular weight is 287 g/mol. The molecule has 0 fully saturated rings. The van der Waals surface area contributed by atoms with E-state index < -0.39 is 0 Å². The summed E-state index contributed by atoms with van der Waals surface area (Å²) in [5, 5.41) is 7.36. The van der Waals surface area contributed by atoms with E-state index in [0.717, 1.165) is 9.13 Å². The number of nitrogen functional groups attached to an aromatic ring is 1. The van der Waals surface area contributed by atoms with Crippen LogP contribution in [0.2, 0.25) is 0 Å². The van der Waals surface area contributed by atoms with Crippen LogP contribution in [0.25, 0.3) is 11.5 Å². The molecule has 4 nitrogen and oxygen atoms in total. The minimum absolute atomic E-state index is 0.0915. The molecule has 1 aromatic heterocycles. The predicted molar refractivity (Wildman–Crippen MR) is 56.9 cm³/mol. The fourth-order valence-corrected chi connectivity index (χ4v) is 1.52. The van der Waals surface area contributed by atoms with Gasteiger partial charge in [0.2, 0.25) is 5.89 Å². The van der Waals surface area contributed by atoms with Crippen molar-refractivity contribution < 1.29 is 4.42 Å². The Morgan fingerprint density at radius 2 is 2.15 bits per heavy atom. The molecule has 0 aliphatic heterocycles. The molecule has 13 heavy (non-hydrogen) atoms. The number of halogens is 1. The lowest BCUT2D eigenvalue weighted by Gasteiger charge is -1.93. The van der Waals surface area contributed by atoms with E-state index in [1.165, 1.54) is 0 Å². The summed E-state index contributed by atoms with van der Waals surface area (Å²) in [5.41, 5.74) is 6.20. The summed E-state index contributed by atoms with van der Waals surface area (Å²) < 4.78 is 6.19. The second-order valence-corrected chi connectivity index (χ2v) is 3.70. The van der Waals surface area contributed by atoms with Crippen molar-refractivity contribution in [2.45, 2.75) is 0 Å². The van der Waals surface area contributed by atoms with Crippen molar-refractivity contribution in [2.24, 2.45) is 0 Å². The highest BCUT2D eigenvalue weighted by Gasteiger charge is 2.05. The maximum atomic E-state index is 5.31. The number of rotatable bonds is 1. The fraction of sp³-hybridized carbons (Fsp3) is 0. The summed E-state index contributed by atoms with van der Waals surface area (Å²) >= 11 is 2.22. The van der Waals surface area contributed by atoms with Crippen LogP contribution in [0.4, 0.5) is 6.01 Å². The maximum absolute atomic E-state index is 5.31. The summed E-state index contributed by atoms with van der Waals surface area (Å²) in [6.45, 7) is 0. The van der Waals surface area contributed by atoms with E-state index in [4.69, 9.17) is 10.2 Å². The molecular formula is C8H6IN3O. The molecule has 2 N–H and O–H groups in total. The lowest BCUT2D eigenvalue weighted by atomic mass is 10.2. The van der Waals surface area contributed by atoms with Gasteiger partial charge in [-0.2, -0.15) is 0 Å². The van der Waals surface area contributed by atoms with Crippen molar-refractivity contribution in [2.75, 3.05) is 5.73 Å². The van der Waals surface area contributed by atoms with Gasteiger partial charge in [-0.25, -0.2) is 0 Å². The van der Waals surface area contributed by atoms with Gasteiger partial charge in [0.05, 0.1) is 0 Å². The maximum Gasteiger partial charge on any atom is 0.313 e. The molecule has 2 rings (SSSR count). The number of hydrogen-bond acceptors (Lipinski definition) is 4. The molecule has 2 aromatic rings. The summed E-state index contributed by atoms with van der Waals surface area (Å²) in [5.74, 6) is 0.455. The van der Waals surface area contributed by atoms with Crippen molar-refractivity contribution in [1.29, 1.82) is 0 Å². The zero-order chi connectivity index (χ0) is 9.26. The zero-order valence-corrected chi connectivity index (χ0v) is 8.72. The van der Waals surface area contributed by atoms with Gasteiger partial charge in [-0.3, -0.25) is 0 Å². The van der Waals surface area contributed by atoms with E-state index in [2.05, 4.69) is 32.8 Å². The fourth-order valence-electron chi connectivity index (χ4n) is 0.973. The van der Waals surface area contributed by atoms with E-state index in [9.17, 15) is 0 Å². The van der Waals surface area contributed by atoms with Crippen LogP contribution in [-0.4, -0.2) is 10.2 Å². The van der Waals surface area contributed by atoms with Gasteiger partial charge in [-0.1, -0.05) is 11.2 Å². The van der Waals surface area contributed by atoms with Crippen LogP contribution in [0.5, 0.6) is 0 Å². The van der Waals surface area contributed by atoms with Crippen molar-refractivity contribution in [3.63, 3.8) is 0 Å². The molecule has 0 saturated carbocycles. The van der Waals surface area contributed by atoms with Gasteiger partial charge >= 0.3 is 6.01 Å². The van der Waals surface area contributed by atoms with E-state index >= 15 is 0 Å². The Morgan fingerprint density at radius 3 is 2.77 bits per heavy atom. The highest BCUT2D eigenvalue weighted by atomic mass is 127. The van der Waals surface area contributed by atoms with Crippen LogP contribution < -0.4 is 5.73 Å². The molecule has 1 aromatic carbocycles. The second kappa shape index (κ2) is 3.33. The minimum Gasteiger partial charge on any atom is -0.404 e. The minimum atomic E-state index is 0.0915. The van der Waals surface area contributed by atoms with Crippen LogP contribution in [0, 0.1) is 3.57 Å². The molecule has 0 atom stereocenters. The molecule has 66 valence electrons. The third kappa shape index (κ3) is 1.80. The van der Waals surface area contributed by atoms with Gasteiger partial charge in [-0.15, -0.1) is 5.10 Å². The first-order chi connectivity index (χ1) is 6.25. The van der Waals surface area contributed by atoms with E-state index in [1.807, 2.05) is 24.3 Å². The molecule has 0 radical (unpaired) electrons. The molecule has 0 spiro atoms. The van der Waals surface area contributed by atoms with Crippen molar-refractivity contribution in [3.8, 4) is 11.5 Å². The quantitative estimate of drug-likeness (QED) is 0.814. The van der Waals surface area contributed by atoms with E-state index in [-0.39, 0.29) is 6.01 Å². The molecule has 0 amide bonds. The number of hydrogen-bond donors (Lipinski definition) is 1. The Labute approximate surface area is 88.3 Å². The lowest BCUT2D eigenvalue weighted by molar-refractivity contribution is 0.590. The van der Waals surface area contributed by atoms with E-state index in [0.29, 0.717) is 5.89 Å². The Bertz CT molecular complexity index is 427. The molecule has 0 bridgehead atoms. The molecule has 0 aliphatic rings. The van der Waals surface area contributed by atoms with Crippen LogP contribution in [0.3, 0.4) is 0 Å². The average Bonchev–Trinajstić information content (AvgIpc) is 2.52. The number of anilines is 1. The monoisotopic (exact) mass is 287 g/mol. The molecular weight excluding hydrogens is 281 g/mol. The third-order valence-corrected chi connectivity index (χ3v) is 2.18. The van der Waals surface area contributed by atoms with Crippen LogP contribution in [-0.2, 0) is 0 Å². The number of nitrogens with two attached hydrogens (primary N) is 1. The second-order valence-electron chi connectivity index (χ2n) is 2.46. The number of nitrogens with zero attached hydrogens (tertiary/aromatic N) is 2. The highest BCUT2D eigenvalue weighted by Crippen LogP contribution is 2.20. The number of aromatic nitrogens is 2. The van der Waals surface area contributed by atoms with Crippen molar-refractivity contribution in [1.82, 2.24) is 10.2 Å². The SMILES string of the molecule is Nc1nnc(-c2cccc(I)c2)o1. The predicted octanol–water partition coefficient (Wildman–Crippen LogP) is 1.92. The van der Waals surface area contributed by atoms with Crippen LogP contribution >= 0.6 is 22.6 Å². The zero-order valence-electron chi connectivity index (χ0n) is 6.57. The van der Waals surface area contributed by atoms with E-state index in [1.54, 1.807) is 0 Å². The normalized spacial score (nSPS) is 10.2. The standard InChI is InChI=1S/C8H6IN3O/c9-6-3-1-2-5(4-6)7-11-12-8(10)13-7/h1-4H,(H2,10,12). The van der Waals surface area contributed by atoms with Crippen LogP contribution in [0.1, 0.15) is 0 Å². The molecule has 0 unspecified atom stereocenters. The largest absolute Gasteiger partial charge is 0.404 e. The summed E-state index contributed by atoms with van der Waals surface area (Å²) in [6.07, 6.45) is 0. The van der Waals surface area contributed by atoms with Crippen molar-refractivity contribution >= 4 is 28.6 Å². The first-order valence-electron chi connectivity index (χ1n) is 3.60. The molecule has 1 heterocycles. The summed E-state index contributed by atoms with van der Waals surface area (Å²) in [4.78, 5) is 0. The van der Waals surface area contributed by atoms with Crippen molar-refractivity contribution in [3.05, 3.63) is 27.8 Å². The number of benzene rings is 1. The third-order valence-electron chi connectivity index (χ3n) is 1.51. The van der Waals surface area contributed by atoms with Gasteiger partial charge in [0.15, 0.2) is 0 Å². The highest BCUT2D eigenvalue weighted by molar-refractivity contribution is 14.1. The lowest BCUT2D eigenvalue weighted by Crippen LogP contribution is -1.81. The Hall–Kier alpha value is -1.11. The van der Waals surface area contributed by atoms with Gasteiger partial charge in [0.1, 0.15) is 0 Å². The first kappa shape index (κ1) is 8.49. The molecule has 0 aliphatic carbocycles. The van der Waals surface area contributed by atoms with Gasteiger partial charge in [0.25, 0.3) is 0 Å². The summed E-state index contributed by atoms with van der Waals surface area (Å²) in [6, 6.07) is 7.86. The first-order valence-corrected chi connectivity index (χ1v) is 4.68. The van der Waals surface area contributed by atoms with Gasteiger partial charge < -0.3 is 10.2 Å². The van der Waals surface area contributed by atoms with Gasteiger partial charge in [0, 0.05) is 9.13 Å². The van der Waals surface area contributed by atoms with Gasteiger partial charge in [-0.05, 0) is 40.8 Å². The topological polar surface area (TPSA) is 64.9 Å². The molecule has 5 heteroatoms. The Balaban J connectivity index is 2.46. The van der Waals surface area contributed by atoms with Crippen LogP contribution in [0.15, 0.2) is 28.7 Å². The Morgan fingerprint density at radius 1 is 1.31 bits per heavy atom. The Kier molecular flexibility index (Phi) is 2.17.